The second-order valence-corrected chi connectivity index (χ2v) is 4.63. The molecule has 0 spiro atoms. The van der Waals surface area contributed by atoms with Crippen LogP contribution in [-0.4, -0.2) is 25.1 Å². The Bertz CT molecular complexity index is 672. The van der Waals surface area contributed by atoms with Crippen molar-refractivity contribution in [2.24, 2.45) is 15.9 Å². The zero-order valence-corrected chi connectivity index (χ0v) is 11.5. The summed E-state index contributed by atoms with van der Waals surface area (Å²) in [5, 5.41) is 0. The Labute approximate surface area is 122 Å². The lowest BCUT2D eigenvalue weighted by molar-refractivity contribution is -0.118. The van der Waals surface area contributed by atoms with Gasteiger partial charge in [0, 0.05) is 6.08 Å². The number of carbonyl (C=O) groups excluding carboxylic acids is 1. The number of amides is 1. The van der Waals surface area contributed by atoms with Gasteiger partial charge in [-0.2, -0.15) is 0 Å². The standard InChI is InChI=1S/C16H14N2O3/c1-20-14-7-12-13(17-10-18-16(12)19)8-15(14)21-9-11-5-3-2-4-6-11/h2-8,10,12H,9H2,1H3. The SMILES string of the molecule is COC1=CC2C(=O)N=CN=C2C=C1OCc1ccccc1. The molecule has 2 aliphatic rings. The number of methoxy groups -OCH3 is 1. The van der Waals surface area contributed by atoms with E-state index in [1.807, 2.05) is 30.3 Å². The van der Waals surface area contributed by atoms with Gasteiger partial charge in [0.05, 0.1) is 12.8 Å². The molecule has 3 rings (SSSR count). The fourth-order valence-corrected chi connectivity index (χ4v) is 2.18. The summed E-state index contributed by atoms with van der Waals surface area (Å²) in [7, 11) is 1.55. The number of carbonyl (C=O) groups is 1. The second-order valence-electron chi connectivity index (χ2n) is 4.63. The Morgan fingerprint density at radius 2 is 2.00 bits per heavy atom. The van der Waals surface area contributed by atoms with Gasteiger partial charge in [0.2, 0.25) is 0 Å². The first-order valence-electron chi connectivity index (χ1n) is 6.56. The van der Waals surface area contributed by atoms with E-state index in [1.165, 1.54) is 6.34 Å². The largest absolute Gasteiger partial charge is 0.493 e. The Morgan fingerprint density at radius 3 is 2.76 bits per heavy atom. The number of hydrogen-bond donors (Lipinski definition) is 0. The third kappa shape index (κ3) is 2.76. The number of fused-ring (bicyclic) bond motifs is 1. The molecule has 1 unspecified atom stereocenters. The number of nitrogens with zero attached hydrogens (tertiary/aromatic N) is 2. The van der Waals surface area contributed by atoms with Crippen LogP contribution in [0, 0.1) is 5.92 Å². The molecular formula is C16H14N2O3. The van der Waals surface area contributed by atoms with Crippen molar-refractivity contribution in [2.75, 3.05) is 7.11 Å². The quantitative estimate of drug-likeness (QED) is 0.851. The van der Waals surface area contributed by atoms with Crippen LogP contribution in [0.2, 0.25) is 0 Å². The predicted molar refractivity (Wildman–Crippen MR) is 78.8 cm³/mol. The van der Waals surface area contributed by atoms with Gasteiger partial charge in [-0.05, 0) is 11.6 Å². The minimum absolute atomic E-state index is 0.243. The molecule has 1 aliphatic heterocycles. The van der Waals surface area contributed by atoms with Gasteiger partial charge in [0.15, 0.2) is 11.5 Å². The van der Waals surface area contributed by atoms with Crippen LogP contribution in [0.4, 0.5) is 0 Å². The first-order chi connectivity index (χ1) is 10.3. The normalized spacial score (nSPS) is 20.1. The summed E-state index contributed by atoms with van der Waals surface area (Å²) in [5.41, 5.74) is 1.68. The number of hydrogen-bond acceptors (Lipinski definition) is 4. The first kappa shape index (κ1) is 13.3. The van der Waals surface area contributed by atoms with E-state index >= 15 is 0 Å². The van der Waals surface area contributed by atoms with Gasteiger partial charge in [-0.1, -0.05) is 30.3 Å². The van der Waals surface area contributed by atoms with Crippen LogP contribution in [-0.2, 0) is 20.9 Å². The average Bonchev–Trinajstić information content (AvgIpc) is 2.53. The van der Waals surface area contributed by atoms with Crippen molar-refractivity contribution in [1.82, 2.24) is 0 Å². The third-order valence-electron chi connectivity index (χ3n) is 3.27. The fraction of sp³-hybridized carbons (Fsp3) is 0.188. The Hall–Kier alpha value is -2.69. The van der Waals surface area contributed by atoms with Crippen LogP contribution < -0.4 is 0 Å². The molecular weight excluding hydrogens is 268 g/mol. The summed E-state index contributed by atoms with van der Waals surface area (Å²) in [6, 6.07) is 9.83. The summed E-state index contributed by atoms with van der Waals surface area (Å²) in [6.45, 7) is 0.424. The molecule has 1 aromatic carbocycles. The van der Waals surface area contributed by atoms with Gasteiger partial charge in [-0.3, -0.25) is 4.79 Å². The maximum Gasteiger partial charge on any atom is 0.260 e. The van der Waals surface area contributed by atoms with Crippen LogP contribution in [0.3, 0.4) is 0 Å². The molecule has 0 bridgehead atoms. The maximum absolute atomic E-state index is 11.7. The lowest BCUT2D eigenvalue weighted by Crippen LogP contribution is -2.27. The molecule has 1 atom stereocenters. The number of aliphatic imine (C=N–C) groups is 2. The zero-order valence-electron chi connectivity index (χ0n) is 11.5. The monoisotopic (exact) mass is 282 g/mol. The van der Waals surface area contributed by atoms with Gasteiger partial charge in [-0.25, -0.2) is 9.98 Å². The number of ether oxygens (including phenoxy) is 2. The summed E-state index contributed by atoms with van der Waals surface area (Å²) in [6.07, 6.45) is 4.69. The van der Waals surface area contributed by atoms with E-state index in [2.05, 4.69) is 9.98 Å². The lowest BCUT2D eigenvalue weighted by Gasteiger charge is -2.22. The number of rotatable bonds is 4. The summed E-state index contributed by atoms with van der Waals surface area (Å²) in [5.74, 6) is 0.377. The van der Waals surface area contributed by atoms with Crippen molar-refractivity contribution in [3.63, 3.8) is 0 Å². The van der Waals surface area contributed by atoms with E-state index < -0.39 is 5.92 Å². The minimum Gasteiger partial charge on any atom is -0.493 e. The highest BCUT2D eigenvalue weighted by molar-refractivity contribution is 6.18. The highest BCUT2D eigenvalue weighted by Crippen LogP contribution is 2.26. The van der Waals surface area contributed by atoms with E-state index in [-0.39, 0.29) is 5.91 Å². The summed E-state index contributed by atoms with van der Waals surface area (Å²) < 4.78 is 11.1. The van der Waals surface area contributed by atoms with Crippen molar-refractivity contribution in [3.8, 4) is 0 Å². The molecule has 5 heteroatoms. The van der Waals surface area contributed by atoms with Crippen LogP contribution in [0.5, 0.6) is 0 Å². The molecule has 21 heavy (non-hydrogen) atoms. The van der Waals surface area contributed by atoms with Gasteiger partial charge in [0.1, 0.15) is 18.9 Å². The molecule has 5 nitrogen and oxygen atoms in total. The third-order valence-corrected chi connectivity index (χ3v) is 3.27. The fourth-order valence-electron chi connectivity index (χ4n) is 2.18. The molecule has 1 aliphatic carbocycles. The molecule has 1 heterocycles. The van der Waals surface area contributed by atoms with Gasteiger partial charge < -0.3 is 9.47 Å². The number of benzene rings is 1. The first-order valence-corrected chi connectivity index (χ1v) is 6.56. The lowest BCUT2D eigenvalue weighted by atomic mass is 9.95. The van der Waals surface area contributed by atoms with Crippen molar-refractivity contribution in [2.45, 2.75) is 6.61 Å². The summed E-state index contributed by atoms with van der Waals surface area (Å²) >= 11 is 0. The van der Waals surface area contributed by atoms with Crippen LogP contribution in [0.15, 0.2) is 64.0 Å². The van der Waals surface area contributed by atoms with E-state index in [4.69, 9.17) is 9.47 Å². The van der Waals surface area contributed by atoms with Gasteiger partial charge >= 0.3 is 0 Å². The topological polar surface area (TPSA) is 60.2 Å². The molecule has 0 saturated carbocycles. The second kappa shape index (κ2) is 5.75. The molecule has 0 aromatic heterocycles. The summed E-state index contributed by atoms with van der Waals surface area (Å²) in [4.78, 5) is 19.5. The van der Waals surface area contributed by atoms with Crippen molar-refractivity contribution < 1.29 is 14.3 Å². The Morgan fingerprint density at radius 1 is 1.19 bits per heavy atom. The highest BCUT2D eigenvalue weighted by Gasteiger charge is 2.29. The molecule has 0 radical (unpaired) electrons. The Kier molecular flexibility index (Phi) is 3.64. The van der Waals surface area contributed by atoms with Gasteiger partial charge in [-0.15, -0.1) is 0 Å². The highest BCUT2D eigenvalue weighted by atomic mass is 16.5. The smallest absolute Gasteiger partial charge is 0.260 e. The van der Waals surface area contributed by atoms with E-state index in [9.17, 15) is 4.79 Å². The van der Waals surface area contributed by atoms with Crippen molar-refractivity contribution >= 4 is 18.0 Å². The van der Waals surface area contributed by atoms with E-state index in [0.29, 0.717) is 23.8 Å². The van der Waals surface area contributed by atoms with Crippen LogP contribution in [0.25, 0.3) is 0 Å². The molecule has 0 saturated heterocycles. The predicted octanol–water partition coefficient (Wildman–Crippen LogP) is 2.26. The van der Waals surface area contributed by atoms with Gasteiger partial charge in [0.25, 0.3) is 5.91 Å². The minimum atomic E-state index is -0.478. The van der Waals surface area contributed by atoms with Crippen LogP contribution in [0.1, 0.15) is 5.56 Å². The molecule has 1 amide bonds. The Balaban J connectivity index is 1.80. The van der Waals surface area contributed by atoms with E-state index in [1.54, 1.807) is 19.3 Å². The molecule has 0 fully saturated rings. The molecule has 0 N–H and O–H groups in total. The zero-order chi connectivity index (χ0) is 14.7. The van der Waals surface area contributed by atoms with E-state index in [0.717, 1.165) is 5.56 Å². The average molecular weight is 282 g/mol. The number of allylic oxidation sites excluding steroid dienone is 1. The molecule has 1 aromatic rings. The van der Waals surface area contributed by atoms with Crippen molar-refractivity contribution in [1.29, 1.82) is 0 Å². The maximum atomic E-state index is 11.7. The van der Waals surface area contributed by atoms with Crippen molar-refractivity contribution in [3.05, 3.63) is 59.6 Å². The molecule has 106 valence electrons. The van der Waals surface area contributed by atoms with Crippen LogP contribution >= 0.6 is 0 Å².